The minimum Gasteiger partial charge on any atom is -0.494 e. The molecule has 0 spiro atoms. The fraction of sp³-hybridized carbons (Fsp3) is 0.162. The topological polar surface area (TPSA) is 91.2 Å². The Hall–Kier alpha value is -4.54. The molecule has 1 aliphatic rings. The smallest absolute Gasteiger partial charge is 0.271 e. The first-order valence-corrected chi connectivity index (χ1v) is 17.2. The van der Waals surface area contributed by atoms with Crippen molar-refractivity contribution < 1.29 is 19.0 Å². The number of halogens is 3. The first-order valence-electron chi connectivity index (χ1n) is 15.2. The molecule has 250 valence electrons. The zero-order valence-electron chi connectivity index (χ0n) is 26.6. The van der Waals surface area contributed by atoms with Crippen LogP contribution < -0.4 is 34.4 Å². The third-order valence-corrected chi connectivity index (χ3v) is 9.72. The Labute approximate surface area is 301 Å². The summed E-state index contributed by atoms with van der Waals surface area (Å²) in [7, 11) is 1.51. The quantitative estimate of drug-likeness (QED) is 0.158. The number of hydrogen-bond donors (Lipinski definition) is 1. The number of para-hydroxylation sites is 1. The van der Waals surface area contributed by atoms with Gasteiger partial charge < -0.3 is 19.5 Å². The van der Waals surface area contributed by atoms with E-state index in [9.17, 15) is 9.59 Å². The number of allylic oxidation sites excluding steroid dienone is 1. The van der Waals surface area contributed by atoms with E-state index in [4.69, 9.17) is 54.0 Å². The molecule has 0 saturated carbocycles. The van der Waals surface area contributed by atoms with Crippen molar-refractivity contribution in [3.05, 3.63) is 148 Å². The second kappa shape index (κ2) is 14.9. The number of nitrogens with one attached hydrogen (secondary N) is 1. The molecule has 6 rings (SSSR count). The van der Waals surface area contributed by atoms with Crippen molar-refractivity contribution in [2.45, 2.75) is 26.5 Å². The van der Waals surface area contributed by atoms with Crippen LogP contribution in [0.1, 0.15) is 36.6 Å². The highest BCUT2D eigenvalue weighted by Gasteiger charge is 2.32. The molecule has 12 heteroatoms. The number of methoxy groups -OCH3 is 1. The van der Waals surface area contributed by atoms with Crippen molar-refractivity contribution in [3.8, 4) is 17.2 Å². The number of hydrogen-bond acceptors (Lipinski definition) is 7. The van der Waals surface area contributed by atoms with E-state index in [0.29, 0.717) is 70.8 Å². The molecule has 1 aromatic heterocycles. The van der Waals surface area contributed by atoms with Crippen LogP contribution in [0.3, 0.4) is 0 Å². The summed E-state index contributed by atoms with van der Waals surface area (Å²) in [6.07, 6.45) is 1.72. The van der Waals surface area contributed by atoms with E-state index in [1.165, 1.54) is 18.4 Å². The Balaban J connectivity index is 1.39. The number of aromatic nitrogens is 1. The number of fused-ring (bicyclic) bond motifs is 1. The predicted octanol–water partition coefficient (Wildman–Crippen LogP) is 7.82. The normalized spacial score (nSPS) is 14.2. The molecule has 0 unspecified atom stereocenters. The maximum absolute atomic E-state index is 14.2. The monoisotopic (exact) mass is 733 g/mol. The largest absolute Gasteiger partial charge is 0.494 e. The van der Waals surface area contributed by atoms with Crippen LogP contribution in [-0.4, -0.2) is 24.2 Å². The third-order valence-electron chi connectivity index (χ3n) is 7.72. The van der Waals surface area contributed by atoms with Gasteiger partial charge in [0, 0.05) is 5.69 Å². The number of carbonyl (C=O) groups is 1. The molecule has 0 radical (unpaired) electrons. The van der Waals surface area contributed by atoms with Crippen LogP contribution in [0.4, 0.5) is 5.69 Å². The van der Waals surface area contributed by atoms with Crippen LogP contribution in [0, 0.1) is 0 Å². The highest BCUT2D eigenvalue weighted by atomic mass is 35.5. The third kappa shape index (κ3) is 7.40. The van der Waals surface area contributed by atoms with Gasteiger partial charge in [0.1, 0.15) is 12.4 Å². The van der Waals surface area contributed by atoms with Gasteiger partial charge in [0.2, 0.25) is 0 Å². The molecule has 2 heterocycles. The van der Waals surface area contributed by atoms with E-state index in [-0.39, 0.29) is 18.1 Å². The van der Waals surface area contributed by atoms with Gasteiger partial charge in [-0.3, -0.25) is 14.2 Å². The fourth-order valence-electron chi connectivity index (χ4n) is 5.46. The van der Waals surface area contributed by atoms with Gasteiger partial charge in [0.25, 0.3) is 11.5 Å². The molecule has 0 aliphatic carbocycles. The molecule has 1 N–H and O–H groups in total. The zero-order chi connectivity index (χ0) is 34.7. The van der Waals surface area contributed by atoms with Gasteiger partial charge in [-0.1, -0.05) is 82.5 Å². The highest BCUT2D eigenvalue weighted by Crippen LogP contribution is 2.38. The highest BCUT2D eigenvalue weighted by molar-refractivity contribution is 7.07. The Morgan fingerprint density at radius 1 is 0.959 bits per heavy atom. The Morgan fingerprint density at radius 2 is 1.71 bits per heavy atom. The number of nitrogens with zero attached hydrogens (tertiary/aromatic N) is 2. The molecule has 0 bridgehead atoms. The van der Waals surface area contributed by atoms with Crippen LogP contribution in [0.2, 0.25) is 15.1 Å². The van der Waals surface area contributed by atoms with Gasteiger partial charge in [-0.15, -0.1) is 0 Å². The van der Waals surface area contributed by atoms with Crippen molar-refractivity contribution in [2.24, 2.45) is 4.99 Å². The van der Waals surface area contributed by atoms with Gasteiger partial charge in [-0.05, 0) is 85.1 Å². The number of rotatable bonds is 10. The fourth-order valence-corrected chi connectivity index (χ4v) is 7.10. The molecule has 1 amide bonds. The number of ether oxygens (including phenoxy) is 3. The van der Waals surface area contributed by atoms with E-state index < -0.39 is 6.04 Å². The Kier molecular flexibility index (Phi) is 10.5. The van der Waals surface area contributed by atoms with Crippen LogP contribution >= 0.6 is 46.1 Å². The maximum Gasteiger partial charge on any atom is 0.271 e. The predicted molar refractivity (Wildman–Crippen MR) is 195 cm³/mol. The minimum absolute atomic E-state index is 0.177. The lowest BCUT2D eigenvalue weighted by atomic mass is 9.95. The van der Waals surface area contributed by atoms with Gasteiger partial charge >= 0.3 is 0 Å². The van der Waals surface area contributed by atoms with Crippen molar-refractivity contribution in [2.75, 3.05) is 19.0 Å². The Bertz CT molecular complexity index is 2250. The molecular formula is C37H30Cl3N3O5S. The van der Waals surface area contributed by atoms with Crippen LogP contribution in [0.25, 0.3) is 6.08 Å². The van der Waals surface area contributed by atoms with Crippen LogP contribution in [0.15, 0.2) is 106 Å². The van der Waals surface area contributed by atoms with E-state index in [1.54, 1.807) is 54.0 Å². The first-order chi connectivity index (χ1) is 23.7. The number of amides is 1. The number of anilines is 1. The lowest BCUT2D eigenvalue weighted by molar-refractivity contribution is -0.113. The van der Waals surface area contributed by atoms with E-state index in [1.807, 2.05) is 55.5 Å². The zero-order valence-corrected chi connectivity index (χ0v) is 29.7. The molecule has 49 heavy (non-hydrogen) atoms. The molecular weight excluding hydrogens is 705 g/mol. The van der Waals surface area contributed by atoms with E-state index >= 15 is 0 Å². The molecule has 1 aliphatic heterocycles. The minimum atomic E-state index is -0.743. The van der Waals surface area contributed by atoms with Crippen molar-refractivity contribution in [3.63, 3.8) is 0 Å². The summed E-state index contributed by atoms with van der Waals surface area (Å²) in [6.45, 7) is 4.37. The summed E-state index contributed by atoms with van der Waals surface area (Å²) in [6, 6.07) is 24.5. The van der Waals surface area contributed by atoms with Gasteiger partial charge in [0.05, 0.1) is 50.6 Å². The average Bonchev–Trinajstić information content (AvgIpc) is 3.39. The van der Waals surface area contributed by atoms with Crippen molar-refractivity contribution in [1.29, 1.82) is 0 Å². The number of carbonyl (C=O) groups excluding carboxylic acids is 1. The van der Waals surface area contributed by atoms with Crippen molar-refractivity contribution in [1.82, 2.24) is 4.57 Å². The SMILES string of the molecule is CCOc1ccc([C@H]2C(C(=O)Nc3ccccc3)=C(C)N=c3s/c(=C\c4cc(Cl)c(OCc5ccc(Cl)c(Cl)c5)c(OC)c4)c(=O)n32)cc1. The molecule has 1 atom stereocenters. The summed E-state index contributed by atoms with van der Waals surface area (Å²) >= 11 is 20.1. The Morgan fingerprint density at radius 3 is 2.41 bits per heavy atom. The lowest BCUT2D eigenvalue weighted by Gasteiger charge is -2.25. The second-order valence-corrected chi connectivity index (χ2v) is 13.2. The molecule has 0 saturated heterocycles. The standard InChI is InChI=1S/C37H30Cl3N3O5S/c1-4-47-26-13-11-24(12-14-26)33-32(35(44)42-25-8-6-5-7-9-25)21(2)41-37-43(33)36(45)31(49-37)19-23-17-29(40)34(30(18-23)46-3)48-20-22-10-15-27(38)28(39)16-22/h5-19,33H,4,20H2,1-3H3,(H,42,44)/b31-19-/t33-/m0/s1. The van der Waals surface area contributed by atoms with Crippen molar-refractivity contribution >= 4 is 63.8 Å². The van der Waals surface area contributed by atoms with Gasteiger partial charge in [-0.2, -0.15) is 0 Å². The number of benzene rings is 4. The molecule has 5 aromatic rings. The maximum atomic E-state index is 14.2. The summed E-state index contributed by atoms with van der Waals surface area (Å²) in [5.74, 6) is 1.06. The van der Waals surface area contributed by atoms with E-state index in [0.717, 1.165) is 11.1 Å². The molecule has 4 aromatic carbocycles. The number of thiazole rings is 1. The second-order valence-electron chi connectivity index (χ2n) is 11.0. The molecule has 0 fully saturated rings. The van der Waals surface area contributed by atoms with Gasteiger partial charge in [-0.25, -0.2) is 4.99 Å². The lowest BCUT2D eigenvalue weighted by Crippen LogP contribution is -2.40. The first kappa shape index (κ1) is 34.3. The summed E-state index contributed by atoms with van der Waals surface area (Å²) < 4.78 is 19.2. The van der Waals surface area contributed by atoms with Crippen LogP contribution in [-0.2, 0) is 11.4 Å². The summed E-state index contributed by atoms with van der Waals surface area (Å²) in [4.78, 5) is 33.2. The molecule has 8 nitrogen and oxygen atoms in total. The summed E-state index contributed by atoms with van der Waals surface area (Å²) in [5, 5.41) is 4.12. The van der Waals surface area contributed by atoms with E-state index in [2.05, 4.69) is 5.32 Å². The average molecular weight is 735 g/mol. The van der Waals surface area contributed by atoms with Crippen LogP contribution in [0.5, 0.6) is 17.2 Å². The van der Waals surface area contributed by atoms with Gasteiger partial charge in [0.15, 0.2) is 16.3 Å². The summed E-state index contributed by atoms with van der Waals surface area (Å²) in [5.41, 5.74) is 3.34.